The number of carbonyl (C=O) groups excluding carboxylic acids is 1. The van der Waals surface area contributed by atoms with Gasteiger partial charge in [-0.15, -0.1) is 0 Å². The Morgan fingerprint density at radius 3 is 1.89 bits per heavy atom. The molecule has 0 aliphatic heterocycles. The van der Waals surface area contributed by atoms with Crippen LogP contribution >= 0.6 is 0 Å². The van der Waals surface area contributed by atoms with E-state index in [0.29, 0.717) is 0 Å². The molecule has 3 fully saturated rings. The van der Waals surface area contributed by atoms with Crippen molar-refractivity contribution in [2.45, 2.75) is 67.0 Å². The molecule has 2 N–H and O–H groups in total. The van der Waals surface area contributed by atoms with Crippen molar-refractivity contribution >= 4 is 31.5 Å². The molecular weight excluding hydrogens is 517 g/mol. The summed E-state index contributed by atoms with van der Waals surface area (Å²) in [5.74, 6) is -0.670. The topological polar surface area (TPSA) is 109 Å². The number of sulfone groups is 1. The van der Waals surface area contributed by atoms with Crippen molar-refractivity contribution in [3.05, 3.63) is 53.6 Å². The van der Waals surface area contributed by atoms with Gasteiger partial charge in [0.25, 0.3) is 15.9 Å². The molecule has 0 heterocycles. The molecule has 3 aliphatic carbocycles. The zero-order valence-electron chi connectivity index (χ0n) is 20.2. The first-order chi connectivity index (χ1) is 16.3. The van der Waals surface area contributed by atoms with Gasteiger partial charge >= 0.3 is 6.18 Å². The normalized spacial score (nSPS) is 23.9. The molecule has 196 valence electrons. The van der Waals surface area contributed by atoms with Gasteiger partial charge in [0, 0.05) is 11.8 Å². The van der Waals surface area contributed by atoms with Crippen LogP contribution < -0.4 is 10.0 Å². The summed E-state index contributed by atoms with van der Waals surface area (Å²) >= 11 is 0. The zero-order chi connectivity index (χ0) is 26.9. The molecule has 5 rings (SSSR count). The average molecular weight is 545 g/mol. The second-order valence-corrected chi connectivity index (χ2v) is 14.6. The standard InChI is InChI=1S/C24H27F3N2O5S2/c1-21(2,3)15-5-10-18(20(30)28-23-12-22(13-23,14-23)24(25,26)27)19(11-15)29-36(33,34)17-8-6-16(7-9-17)35(4,31)32/h5-11,29H,12-14H2,1-4H3,(H,28,30). The van der Waals surface area contributed by atoms with E-state index >= 15 is 0 Å². The number of halogens is 3. The maximum atomic E-state index is 13.2. The highest BCUT2D eigenvalue weighted by Crippen LogP contribution is 2.73. The zero-order valence-corrected chi connectivity index (χ0v) is 21.8. The molecule has 0 radical (unpaired) electrons. The van der Waals surface area contributed by atoms with Crippen LogP contribution in [0.2, 0.25) is 0 Å². The fraction of sp³-hybridized carbons (Fsp3) is 0.458. The van der Waals surface area contributed by atoms with Crippen molar-refractivity contribution in [1.82, 2.24) is 5.32 Å². The third kappa shape index (κ3) is 4.60. The first-order valence-electron chi connectivity index (χ1n) is 11.1. The number of amides is 1. The lowest BCUT2D eigenvalue weighted by atomic mass is 9.39. The highest BCUT2D eigenvalue weighted by Gasteiger charge is 2.79. The third-order valence-electron chi connectivity index (χ3n) is 6.95. The number of carbonyl (C=O) groups is 1. The minimum Gasteiger partial charge on any atom is -0.346 e. The molecule has 1 amide bonds. The third-order valence-corrected chi connectivity index (χ3v) is 9.46. The van der Waals surface area contributed by atoms with Crippen molar-refractivity contribution in [2.75, 3.05) is 11.0 Å². The average Bonchev–Trinajstić information content (AvgIpc) is 2.67. The van der Waals surface area contributed by atoms with Crippen LogP contribution in [0.3, 0.4) is 0 Å². The smallest absolute Gasteiger partial charge is 0.346 e. The Hall–Kier alpha value is -2.60. The maximum absolute atomic E-state index is 13.2. The lowest BCUT2D eigenvalue weighted by Gasteiger charge is -2.70. The van der Waals surface area contributed by atoms with Crippen molar-refractivity contribution in [1.29, 1.82) is 0 Å². The Morgan fingerprint density at radius 2 is 1.42 bits per heavy atom. The van der Waals surface area contributed by atoms with E-state index in [1.165, 1.54) is 24.3 Å². The van der Waals surface area contributed by atoms with Gasteiger partial charge in [0.1, 0.15) is 0 Å². The van der Waals surface area contributed by atoms with E-state index in [9.17, 15) is 34.8 Å². The van der Waals surface area contributed by atoms with Gasteiger partial charge in [0.15, 0.2) is 9.84 Å². The monoisotopic (exact) mass is 544 g/mol. The Kier molecular flexibility index (Phi) is 5.84. The summed E-state index contributed by atoms with van der Waals surface area (Å²) in [5, 5.41) is 2.68. The SMILES string of the molecule is CC(C)(C)c1ccc(C(=O)NC23CC(C(F)(F)F)(C2)C3)c(NS(=O)(=O)c2ccc(S(C)(=O)=O)cc2)c1. The van der Waals surface area contributed by atoms with Crippen LogP contribution in [0, 0.1) is 5.41 Å². The lowest BCUT2D eigenvalue weighted by molar-refractivity contribution is -0.336. The molecule has 12 heteroatoms. The Balaban J connectivity index is 1.62. The number of sulfonamides is 1. The number of nitrogens with one attached hydrogen (secondary N) is 2. The van der Waals surface area contributed by atoms with E-state index in [1.54, 1.807) is 6.07 Å². The van der Waals surface area contributed by atoms with Crippen molar-refractivity contribution in [2.24, 2.45) is 5.41 Å². The number of hydrogen-bond acceptors (Lipinski definition) is 5. The number of anilines is 1. The van der Waals surface area contributed by atoms with Crippen LogP contribution in [0.5, 0.6) is 0 Å². The van der Waals surface area contributed by atoms with Crippen LogP contribution in [0.4, 0.5) is 18.9 Å². The Morgan fingerprint density at radius 1 is 0.889 bits per heavy atom. The minimum atomic E-state index is -4.32. The summed E-state index contributed by atoms with van der Waals surface area (Å²) in [5.41, 5.74) is -2.38. The summed E-state index contributed by atoms with van der Waals surface area (Å²) in [6.07, 6.45) is -3.89. The Bertz CT molecular complexity index is 1420. The largest absolute Gasteiger partial charge is 0.394 e. The molecule has 0 spiro atoms. The predicted molar refractivity (Wildman–Crippen MR) is 128 cm³/mol. The van der Waals surface area contributed by atoms with Gasteiger partial charge in [-0.05, 0) is 66.6 Å². The molecule has 2 aromatic carbocycles. The van der Waals surface area contributed by atoms with Gasteiger partial charge in [-0.25, -0.2) is 16.8 Å². The van der Waals surface area contributed by atoms with Crippen molar-refractivity contribution < 1.29 is 34.8 Å². The van der Waals surface area contributed by atoms with Gasteiger partial charge in [0.2, 0.25) is 0 Å². The molecule has 3 saturated carbocycles. The van der Waals surface area contributed by atoms with E-state index in [2.05, 4.69) is 10.0 Å². The number of hydrogen-bond donors (Lipinski definition) is 2. The first-order valence-corrected chi connectivity index (χ1v) is 14.5. The summed E-state index contributed by atoms with van der Waals surface area (Å²) < 4.78 is 91.5. The molecular formula is C24H27F3N2O5S2. The highest BCUT2D eigenvalue weighted by atomic mass is 32.2. The van der Waals surface area contributed by atoms with Crippen LogP contribution in [0.25, 0.3) is 0 Å². The summed E-state index contributed by atoms with van der Waals surface area (Å²) in [6.45, 7) is 5.72. The molecule has 7 nitrogen and oxygen atoms in total. The molecule has 2 bridgehead atoms. The molecule has 36 heavy (non-hydrogen) atoms. The molecule has 3 aliphatic rings. The van der Waals surface area contributed by atoms with Crippen LogP contribution in [-0.4, -0.2) is 40.7 Å². The fourth-order valence-corrected chi connectivity index (χ4v) is 6.59. The second kappa shape index (κ2) is 7.95. The van der Waals surface area contributed by atoms with Crippen molar-refractivity contribution in [3.8, 4) is 0 Å². The fourth-order valence-electron chi connectivity index (χ4n) is 4.89. The van der Waals surface area contributed by atoms with Gasteiger partial charge in [-0.2, -0.15) is 13.2 Å². The van der Waals surface area contributed by atoms with Crippen LogP contribution in [-0.2, 0) is 25.3 Å². The number of benzene rings is 2. The number of rotatable bonds is 6. The quantitative estimate of drug-likeness (QED) is 0.560. The minimum absolute atomic E-state index is 0.0230. The molecule has 2 aromatic rings. The summed E-state index contributed by atoms with van der Waals surface area (Å²) in [7, 11) is -7.75. The van der Waals surface area contributed by atoms with E-state index in [1.807, 2.05) is 20.8 Å². The maximum Gasteiger partial charge on any atom is 0.394 e. The first kappa shape index (κ1) is 26.5. The number of alkyl halides is 3. The summed E-state index contributed by atoms with van der Waals surface area (Å²) in [6, 6.07) is 9.27. The molecule has 0 aromatic heterocycles. The Labute approximate surface area is 208 Å². The van der Waals surface area contributed by atoms with Gasteiger partial charge in [0.05, 0.1) is 26.5 Å². The second-order valence-electron chi connectivity index (χ2n) is 10.9. The van der Waals surface area contributed by atoms with Gasteiger partial charge in [-0.3, -0.25) is 9.52 Å². The van der Waals surface area contributed by atoms with E-state index in [0.717, 1.165) is 24.0 Å². The predicted octanol–water partition coefficient (Wildman–Crippen LogP) is 4.40. The van der Waals surface area contributed by atoms with E-state index < -0.39 is 42.9 Å². The van der Waals surface area contributed by atoms with Crippen LogP contribution in [0.15, 0.2) is 52.3 Å². The van der Waals surface area contributed by atoms with Crippen molar-refractivity contribution in [3.63, 3.8) is 0 Å². The van der Waals surface area contributed by atoms with Gasteiger partial charge in [-0.1, -0.05) is 26.8 Å². The van der Waals surface area contributed by atoms with E-state index in [-0.39, 0.29) is 45.7 Å². The van der Waals surface area contributed by atoms with Crippen LogP contribution in [0.1, 0.15) is 56.0 Å². The van der Waals surface area contributed by atoms with Gasteiger partial charge < -0.3 is 5.32 Å². The highest BCUT2D eigenvalue weighted by molar-refractivity contribution is 7.92. The molecule has 0 atom stereocenters. The molecule has 0 saturated heterocycles. The van der Waals surface area contributed by atoms with E-state index in [4.69, 9.17) is 0 Å². The lowest BCUT2D eigenvalue weighted by Crippen LogP contribution is -2.78. The molecule has 0 unspecified atom stereocenters. The summed E-state index contributed by atoms with van der Waals surface area (Å²) in [4.78, 5) is 12.8.